The van der Waals surface area contributed by atoms with E-state index < -0.39 is 10.0 Å². The fraction of sp³-hybridized carbons (Fsp3) is 0.350. The summed E-state index contributed by atoms with van der Waals surface area (Å²) in [7, 11) is -1.96. The molecule has 28 heavy (non-hydrogen) atoms. The van der Waals surface area contributed by atoms with Crippen LogP contribution < -0.4 is 5.32 Å². The fourth-order valence-electron chi connectivity index (χ4n) is 2.48. The smallest absolute Gasteiger partial charge is 0.242 e. The molecule has 152 valence electrons. The van der Waals surface area contributed by atoms with Gasteiger partial charge < -0.3 is 5.32 Å². The first-order valence-corrected chi connectivity index (χ1v) is 12.0. The van der Waals surface area contributed by atoms with Crippen LogP contribution in [0.4, 0.5) is 0 Å². The van der Waals surface area contributed by atoms with Crippen LogP contribution in [-0.4, -0.2) is 44.5 Å². The maximum absolute atomic E-state index is 12.4. The lowest BCUT2D eigenvalue weighted by atomic mass is 10.2. The Morgan fingerprint density at radius 2 is 1.79 bits per heavy atom. The van der Waals surface area contributed by atoms with Gasteiger partial charge in [0.05, 0.1) is 4.90 Å². The van der Waals surface area contributed by atoms with Crippen LogP contribution in [0.15, 0.2) is 59.5 Å². The van der Waals surface area contributed by atoms with E-state index in [4.69, 9.17) is 11.6 Å². The molecule has 0 spiro atoms. The van der Waals surface area contributed by atoms with Gasteiger partial charge in [0.15, 0.2) is 0 Å². The predicted octanol–water partition coefficient (Wildman–Crippen LogP) is 3.79. The van der Waals surface area contributed by atoms with Crippen LogP contribution >= 0.6 is 23.4 Å². The van der Waals surface area contributed by atoms with Gasteiger partial charge in [-0.15, -0.1) is 0 Å². The molecule has 0 heterocycles. The van der Waals surface area contributed by atoms with Crippen molar-refractivity contribution in [1.82, 2.24) is 9.62 Å². The summed E-state index contributed by atoms with van der Waals surface area (Å²) < 4.78 is 26.1. The molecule has 0 unspecified atom stereocenters. The highest BCUT2D eigenvalue weighted by Gasteiger charge is 2.19. The van der Waals surface area contributed by atoms with Crippen molar-refractivity contribution in [2.75, 3.05) is 25.9 Å². The van der Waals surface area contributed by atoms with Crippen molar-refractivity contribution in [3.8, 4) is 0 Å². The third kappa shape index (κ3) is 7.47. The molecule has 0 aromatic heterocycles. The zero-order valence-corrected chi connectivity index (χ0v) is 18.2. The average molecular weight is 441 g/mol. The van der Waals surface area contributed by atoms with Crippen molar-refractivity contribution in [2.45, 2.75) is 23.5 Å². The van der Waals surface area contributed by atoms with Crippen LogP contribution in [0, 0.1) is 0 Å². The molecule has 1 amide bonds. The van der Waals surface area contributed by atoms with Gasteiger partial charge in [0.25, 0.3) is 0 Å². The van der Waals surface area contributed by atoms with Crippen molar-refractivity contribution in [3.05, 3.63) is 65.2 Å². The first-order chi connectivity index (χ1) is 13.4. The largest absolute Gasteiger partial charge is 0.355 e. The molecule has 0 aliphatic rings. The molecule has 2 aromatic rings. The van der Waals surface area contributed by atoms with E-state index in [2.05, 4.69) is 5.32 Å². The summed E-state index contributed by atoms with van der Waals surface area (Å²) in [6.45, 7) is 0.894. The van der Waals surface area contributed by atoms with Gasteiger partial charge in [0.1, 0.15) is 0 Å². The minimum absolute atomic E-state index is 0.0578. The van der Waals surface area contributed by atoms with Crippen LogP contribution in [0.25, 0.3) is 0 Å². The number of nitrogens with zero attached hydrogens (tertiary/aromatic N) is 1. The topological polar surface area (TPSA) is 66.5 Å². The molecule has 0 fully saturated rings. The van der Waals surface area contributed by atoms with Crippen LogP contribution in [0.1, 0.15) is 18.4 Å². The minimum atomic E-state index is -3.50. The summed E-state index contributed by atoms with van der Waals surface area (Å²) >= 11 is 7.60. The summed E-state index contributed by atoms with van der Waals surface area (Å²) in [6.07, 6.45) is 0.781. The molecule has 0 aliphatic heterocycles. The van der Waals surface area contributed by atoms with Crippen molar-refractivity contribution in [3.63, 3.8) is 0 Å². The third-order valence-corrected chi connectivity index (χ3v) is 7.23. The fourth-order valence-corrected chi connectivity index (χ4v) is 4.65. The number of sulfonamides is 1. The minimum Gasteiger partial charge on any atom is -0.355 e. The monoisotopic (exact) mass is 440 g/mol. The molecule has 0 atom stereocenters. The second-order valence-electron chi connectivity index (χ2n) is 6.27. The van der Waals surface area contributed by atoms with Gasteiger partial charge in [-0.2, -0.15) is 11.8 Å². The standard InChI is InChI=1S/C20H25ClN2O3S2/c1-23(28(25,26)19-6-3-2-4-7-19)14-5-8-20(24)22-13-15-27-16-17-9-11-18(21)12-10-17/h2-4,6-7,9-12H,5,8,13-16H2,1H3,(H,22,24). The Morgan fingerprint density at radius 3 is 2.46 bits per heavy atom. The van der Waals surface area contributed by atoms with E-state index in [0.29, 0.717) is 25.9 Å². The van der Waals surface area contributed by atoms with E-state index in [0.717, 1.165) is 16.5 Å². The molecule has 8 heteroatoms. The lowest BCUT2D eigenvalue weighted by Gasteiger charge is -2.17. The highest BCUT2D eigenvalue weighted by atomic mass is 35.5. The van der Waals surface area contributed by atoms with E-state index in [1.807, 2.05) is 24.3 Å². The van der Waals surface area contributed by atoms with Gasteiger partial charge in [0, 0.05) is 43.1 Å². The average Bonchev–Trinajstić information content (AvgIpc) is 2.69. The van der Waals surface area contributed by atoms with Crippen LogP contribution in [0.5, 0.6) is 0 Å². The first-order valence-electron chi connectivity index (χ1n) is 9.00. The Balaban J connectivity index is 1.60. The number of amides is 1. The SMILES string of the molecule is CN(CCCC(=O)NCCSCc1ccc(Cl)cc1)S(=O)(=O)c1ccccc1. The van der Waals surface area contributed by atoms with E-state index >= 15 is 0 Å². The van der Waals surface area contributed by atoms with Gasteiger partial charge in [-0.3, -0.25) is 4.79 Å². The Morgan fingerprint density at radius 1 is 1.11 bits per heavy atom. The molecule has 5 nitrogen and oxygen atoms in total. The molecule has 0 saturated carbocycles. The molecule has 2 rings (SSSR count). The molecule has 0 saturated heterocycles. The molecule has 0 radical (unpaired) electrons. The molecule has 2 aromatic carbocycles. The number of carbonyl (C=O) groups is 1. The highest BCUT2D eigenvalue weighted by molar-refractivity contribution is 7.98. The lowest BCUT2D eigenvalue weighted by molar-refractivity contribution is -0.121. The molecular weight excluding hydrogens is 416 g/mol. The van der Waals surface area contributed by atoms with Crippen molar-refractivity contribution in [1.29, 1.82) is 0 Å². The maximum Gasteiger partial charge on any atom is 0.242 e. The number of hydrogen-bond donors (Lipinski definition) is 1. The summed E-state index contributed by atoms with van der Waals surface area (Å²) in [5.41, 5.74) is 1.20. The molecule has 0 bridgehead atoms. The Hall–Kier alpha value is -1.54. The van der Waals surface area contributed by atoms with Crippen molar-refractivity contribution < 1.29 is 13.2 Å². The summed E-state index contributed by atoms with van der Waals surface area (Å²) in [5, 5.41) is 3.60. The Labute approximate surface area is 176 Å². The van der Waals surface area contributed by atoms with E-state index in [-0.39, 0.29) is 10.8 Å². The quantitative estimate of drug-likeness (QED) is 0.540. The number of carbonyl (C=O) groups excluding carboxylic acids is 1. The second-order valence-corrected chi connectivity index (χ2v) is 9.86. The van der Waals surface area contributed by atoms with E-state index in [9.17, 15) is 13.2 Å². The van der Waals surface area contributed by atoms with Gasteiger partial charge in [-0.05, 0) is 36.2 Å². The van der Waals surface area contributed by atoms with Crippen LogP contribution in [0.3, 0.4) is 0 Å². The van der Waals surface area contributed by atoms with E-state index in [1.165, 1.54) is 16.9 Å². The van der Waals surface area contributed by atoms with Gasteiger partial charge in [-0.25, -0.2) is 12.7 Å². The number of benzene rings is 2. The number of halogens is 1. The van der Waals surface area contributed by atoms with Gasteiger partial charge in [-0.1, -0.05) is 41.9 Å². The normalized spacial score (nSPS) is 11.5. The molecular formula is C20H25ClN2O3S2. The first kappa shape index (κ1) is 22.7. The maximum atomic E-state index is 12.4. The summed E-state index contributed by atoms with van der Waals surface area (Å²) in [4.78, 5) is 12.2. The number of nitrogens with one attached hydrogen (secondary N) is 1. The number of thioether (sulfide) groups is 1. The third-order valence-electron chi connectivity index (χ3n) is 4.08. The van der Waals surface area contributed by atoms with Gasteiger partial charge in [0.2, 0.25) is 15.9 Å². The van der Waals surface area contributed by atoms with Crippen LogP contribution in [-0.2, 0) is 20.6 Å². The number of rotatable bonds is 11. The van der Waals surface area contributed by atoms with Gasteiger partial charge >= 0.3 is 0 Å². The second kappa shape index (κ2) is 11.5. The zero-order valence-electron chi connectivity index (χ0n) is 15.8. The lowest BCUT2D eigenvalue weighted by Crippen LogP contribution is -2.30. The highest BCUT2D eigenvalue weighted by Crippen LogP contribution is 2.15. The molecule has 1 N–H and O–H groups in total. The predicted molar refractivity (Wildman–Crippen MR) is 116 cm³/mol. The van der Waals surface area contributed by atoms with E-state index in [1.54, 1.807) is 42.1 Å². The Kier molecular flexibility index (Phi) is 9.31. The van der Waals surface area contributed by atoms with Crippen molar-refractivity contribution in [2.24, 2.45) is 0 Å². The van der Waals surface area contributed by atoms with Crippen molar-refractivity contribution >= 4 is 39.3 Å². The zero-order chi connectivity index (χ0) is 20.4. The summed E-state index contributed by atoms with van der Waals surface area (Å²) in [5.74, 6) is 1.63. The Bertz CT molecular complexity index is 844. The summed E-state index contributed by atoms with van der Waals surface area (Å²) in [6, 6.07) is 16.0. The van der Waals surface area contributed by atoms with Crippen LogP contribution in [0.2, 0.25) is 5.02 Å². The number of hydrogen-bond acceptors (Lipinski definition) is 4. The molecule has 0 aliphatic carbocycles.